The molecule has 1 aliphatic heterocycles. The molecule has 7 nitrogen and oxygen atoms in total. The Labute approximate surface area is 258 Å². The standard InChI is InChI=1S/C32H37N3O4.Na/c1-32(2,3)29(36)28(31(38)39)34-27(23-15-8-5-9-16-23)24-17-10-11-18-25(24)33-30(37)26-19-12-20-35(26)21-22-13-6-4-7-14-22;/h4-11,13-18,26,28-29,36H,12,19-21H2,1-3H3,(H,33,37)(H,38,39);/q;+1/p-1/t26-,28+,29+;/m0./s1. The normalized spacial score (nSPS) is 18.1. The summed E-state index contributed by atoms with van der Waals surface area (Å²) in [4.78, 5) is 23.6. The van der Waals surface area contributed by atoms with Crippen LogP contribution in [0.3, 0.4) is 0 Å². The Hall–Kier alpha value is -2.81. The molecule has 3 atom stereocenters. The topological polar surface area (TPSA) is 109 Å². The van der Waals surface area contributed by atoms with E-state index < -0.39 is 23.5 Å². The van der Waals surface area contributed by atoms with Gasteiger partial charge in [-0.25, -0.2) is 4.79 Å². The van der Waals surface area contributed by atoms with Crippen molar-refractivity contribution in [2.24, 2.45) is 15.4 Å². The third-order valence-corrected chi connectivity index (χ3v) is 7.02. The van der Waals surface area contributed by atoms with E-state index in [9.17, 15) is 20.1 Å². The zero-order valence-corrected chi connectivity index (χ0v) is 25.7. The number of aliphatic hydroxyl groups excluding tert-OH is 1. The Bertz CT molecular complexity index is 1320. The number of aliphatic carboxylic acids is 1. The van der Waals surface area contributed by atoms with Gasteiger partial charge in [0.2, 0.25) is 0 Å². The second-order valence-electron chi connectivity index (χ2n) is 11.0. The van der Waals surface area contributed by atoms with Crippen LogP contribution in [0.2, 0.25) is 0 Å². The number of rotatable bonds is 9. The molecule has 1 fully saturated rings. The number of carboxylic acid groups (broad SMARTS) is 1. The molecule has 1 heterocycles. The molecule has 3 aromatic carbocycles. The molecule has 0 bridgehead atoms. The number of benzene rings is 3. The van der Waals surface area contributed by atoms with E-state index >= 15 is 0 Å². The number of para-hydroxylation sites is 1. The molecule has 2 N–H and O–H groups in total. The van der Waals surface area contributed by atoms with Crippen LogP contribution < -0.4 is 34.7 Å². The molecule has 0 saturated carbocycles. The van der Waals surface area contributed by atoms with E-state index in [1.165, 1.54) is 0 Å². The van der Waals surface area contributed by atoms with Crippen LogP contribution in [-0.4, -0.2) is 57.4 Å². The average Bonchev–Trinajstić information content (AvgIpc) is 3.38. The van der Waals surface area contributed by atoms with Crippen molar-refractivity contribution >= 4 is 23.3 Å². The summed E-state index contributed by atoms with van der Waals surface area (Å²) >= 11 is 0. The molecule has 0 unspecified atom stereocenters. The summed E-state index contributed by atoms with van der Waals surface area (Å²) < 4.78 is 0. The van der Waals surface area contributed by atoms with E-state index in [1.54, 1.807) is 39.0 Å². The molecular formula is C32H36N3NaO4. The van der Waals surface area contributed by atoms with Crippen LogP contribution in [0.25, 0.3) is 0 Å². The Morgan fingerprint density at radius 3 is 2.23 bits per heavy atom. The number of aliphatic hydroxyl groups is 1. The number of aliphatic imine (C=N–C) groups is 2. The zero-order chi connectivity index (χ0) is 28.0. The SMILES string of the molecule is CC(C)(C)[C@H](O)[C@@H](N=C(c1ccccc1)c1ccccc1N=C([O-])[C@@H]1CCCN1Cc1ccccc1)C(=O)O.[Na+]. The fourth-order valence-electron chi connectivity index (χ4n) is 4.85. The van der Waals surface area contributed by atoms with Gasteiger partial charge in [0.1, 0.15) is 0 Å². The summed E-state index contributed by atoms with van der Waals surface area (Å²) in [7, 11) is 0. The van der Waals surface area contributed by atoms with Gasteiger partial charge in [0.05, 0.1) is 17.5 Å². The molecule has 3 aromatic rings. The summed E-state index contributed by atoms with van der Waals surface area (Å²) in [5, 5.41) is 34.4. The molecular weight excluding hydrogens is 513 g/mol. The first-order chi connectivity index (χ1) is 18.6. The number of likely N-dealkylation sites (tertiary alicyclic amines) is 1. The molecule has 0 amide bonds. The van der Waals surface area contributed by atoms with Crippen LogP contribution >= 0.6 is 0 Å². The average molecular weight is 550 g/mol. The van der Waals surface area contributed by atoms with Crippen LogP contribution in [0.1, 0.15) is 50.3 Å². The van der Waals surface area contributed by atoms with Gasteiger partial charge in [-0.15, -0.1) is 0 Å². The Morgan fingerprint density at radius 2 is 1.60 bits per heavy atom. The van der Waals surface area contributed by atoms with Crippen molar-refractivity contribution < 1.29 is 49.7 Å². The monoisotopic (exact) mass is 549 g/mol. The fraction of sp³-hybridized carbons (Fsp3) is 0.344. The van der Waals surface area contributed by atoms with Gasteiger partial charge in [-0.3, -0.25) is 14.9 Å². The van der Waals surface area contributed by atoms with Crippen molar-refractivity contribution in [2.45, 2.75) is 58.3 Å². The van der Waals surface area contributed by atoms with Gasteiger partial charge in [0.25, 0.3) is 0 Å². The van der Waals surface area contributed by atoms with Crippen LogP contribution in [0.15, 0.2) is 94.9 Å². The first-order valence-corrected chi connectivity index (χ1v) is 13.3. The maximum Gasteiger partial charge on any atom is 1.00 e. The van der Waals surface area contributed by atoms with Gasteiger partial charge in [0, 0.05) is 23.7 Å². The molecule has 8 heteroatoms. The third-order valence-electron chi connectivity index (χ3n) is 7.02. The van der Waals surface area contributed by atoms with E-state index in [0.717, 1.165) is 24.9 Å². The minimum absolute atomic E-state index is 0. The molecule has 204 valence electrons. The Morgan fingerprint density at radius 1 is 1.00 bits per heavy atom. The van der Waals surface area contributed by atoms with Crippen molar-refractivity contribution in [1.82, 2.24) is 4.90 Å². The number of hydrogen-bond acceptors (Lipinski definition) is 6. The third kappa shape index (κ3) is 7.89. The molecule has 4 rings (SSSR count). The van der Waals surface area contributed by atoms with Gasteiger partial charge in [0.15, 0.2) is 6.04 Å². The fourth-order valence-corrected chi connectivity index (χ4v) is 4.85. The number of carboxylic acids is 1. The predicted octanol–water partition coefficient (Wildman–Crippen LogP) is 1.44. The minimum atomic E-state index is -1.40. The van der Waals surface area contributed by atoms with Gasteiger partial charge in [-0.2, -0.15) is 0 Å². The maximum absolute atomic E-state index is 13.5. The van der Waals surface area contributed by atoms with Crippen LogP contribution in [0.5, 0.6) is 0 Å². The van der Waals surface area contributed by atoms with Gasteiger partial charge in [-0.1, -0.05) is 99.6 Å². The second kappa shape index (κ2) is 14.2. The first-order valence-electron chi connectivity index (χ1n) is 13.3. The van der Waals surface area contributed by atoms with E-state index in [0.29, 0.717) is 29.1 Å². The predicted molar refractivity (Wildman–Crippen MR) is 152 cm³/mol. The Balaban J connectivity index is 0.00000441. The largest absolute Gasteiger partial charge is 1.00 e. The van der Waals surface area contributed by atoms with E-state index in [1.807, 2.05) is 54.6 Å². The van der Waals surface area contributed by atoms with Crippen LogP contribution in [0, 0.1) is 5.41 Å². The number of carbonyl (C=O) groups is 1. The molecule has 1 aliphatic rings. The number of hydrogen-bond donors (Lipinski definition) is 2. The summed E-state index contributed by atoms with van der Waals surface area (Å²) in [6.07, 6.45) is 0.419. The maximum atomic E-state index is 13.5. The molecule has 0 radical (unpaired) electrons. The molecule has 0 aromatic heterocycles. The molecule has 0 spiro atoms. The van der Waals surface area contributed by atoms with E-state index in [2.05, 4.69) is 27.0 Å². The summed E-state index contributed by atoms with van der Waals surface area (Å²) in [5.74, 6) is -1.45. The molecule has 0 aliphatic carbocycles. The van der Waals surface area contributed by atoms with Crippen molar-refractivity contribution in [3.05, 3.63) is 102 Å². The van der Waals surface area contributed by atoms with Crippen LogP contribution in [0.4, 0.5) is 5.69 Å². The second-order valence-corrected chi connectivity index (χ2v) is 11.0. The first kappa shape index (κ1) is 31.7. The van der Waals surface area contributed by atoms with Crippen molar-refractivity contribution in [1.29, 1.82) is 0 Å². The van der Waals surface area contributed by atoms with Gasteiger partial charge < -0.3 is 15.3 Å². The van der Waals surface area contributed by atoms with Gasteiger partial charge >= 0.3 is 35.5 Å². The van der Waals surface area contributed by atoms with E-state index in [4.69, 9.17) is 0 Å². The van der Waals surface area contributed by atoms with Crippen LogP contribution in [-0.2, 0) is 11.3 Å². The van der Waals surface area contributed by atoms with E-state index in [-0.39, 0.29) is 41.5 Å². The van der Waals surface area contributed by atoms with Gasteiger partial charge in [-0.05, 0) is 42.3 Å². The van der Waals surface area contributed by atoms with Crippen molar-refractivity contribution in [2.75, 3.05) is 6.54 Å². The summed E-state index contributed by atoms with van der Waals surface area (Å²) in [6.45, 7) is 6.82. The molecule has 40 heavy (non-hydrogen) atoms. The number of nitrogens with zero attached hydrogens (tertiary/aromatic N) is 3. The zero-order valence-electron chi connectivity index (χ0n) is 23.7. The van der Waals surface area contributed by atoms with Crippen molar-refractivity contribution in [3.63, 3.8) is 0 Å². The smallest absolute Gasteiger partial charge is 0.861 e. The summed E-state index contributed by atoms with van der Waals surface area (Å²) in [6, 6.07) is 24.7. The summed E-state index contributed by atoms with van der Waals surface area (Å²) in [5.41, 5.74) is 2.44. The quantitative estimate of drug-likeness (QED) is 0.239. The Kier molecular flexibility index (Phi) is 11.3. The molecule has 1 saturated heterocycles. The minimum Gasteiger partial charge on any atom is -0.861 e. The van der Waals surface area contributed by atoms with Crippen molar-refractivity contribution in [3.8, 4) is 0 Å².